The fraction of sp³-hybridized carbons (Fsp3) is 0.625. The third-order valence-corrected chi connectivity index (χ3v) is 4.61. The molecule has 21 heavy (non-hydrogen) atoms. The van der Waals surface area contributed by atoms with Gasteiger partial charge in [-0.25, -0.2) is 0 Å². The Labute approximate surface area is 135 Å². The molecule has 1 atom stereocenters. The standard InChI is InChI=1S/C16H25BrN2O2/c1-12(18-2)15-11-13(17)3-4-16(15)19-7-5-14(6-8-19)21-10-9-20/h3-4,11-12,14,18,20H,5-10H2,1-2H3. The number of rotatable bonds is 6. The van der Waals surface area contributed by atoms with E-state index < -0.39 is 0 Å². The molecule has 0 aromatic heterocycles. The van der Waals surface area contributed by atoms with Crippen molar-refractivity contribution in [2.75, 3.05) is 38.3 Å². The summed E-state index contributed by atoms with van der Waals surface area (Å²) in [5.41, 5.74) is 2.63. The third kappa shape index (κ3) is 4.42. The predicted molar refractivity (Wildman–Crippen MR) is 89.9 cm³/mol. The molecule has 1 unspecified atom stereocenters. The number of nitrogens with one attached hydrogen (secondary N) is 1. The zero-order valence-electron chi connectivity index (χ0n) is 12.8. The van der Waals surface area contributed by atoms with Gasteiger partial charge in [-0.05, 0) is 50.6 Å². The molecule has 0 spiro atoms. The van der Waals surface area contributed by atoms with Crippen molar-refractivity contribution in [1.29, 1.82) is 0 Å². The number of hydrogen-bond acceptors (Lipinski definition) is 4. The maximum atomic E-state index is 8.83. The molecule has 1 heterocycles. The van der Waals surface area contributed by atoms with Crippen LogP contribution in [0.3, 0.4) is 0 Å². The van der Waals surface area contributed by atoms with Gasteiger partial charge in [-0.1, -0.05) is 15.9 Å². The molecule has 1 aliphatic heterocycles. The molecule has 0 radical (unpaired) electrons. The van der Waals surface area contributed by atoms with Crippen molar-refractivity contribution in [1.82, 2.24) is 5.32 Å². The molecule has 2 rings (SSSR count). The molecule has 1 fully saturated rings. The van der Waals surface area contributed by atoms with Crippen molar-refractivity contribution < 1.29 is 9.84 Å². The summed E-state index contributed by atoms with van der Waals surface area (Å²) in [5.74, 6) is 0. The van der Waals surface area contributed by atoms with Crippen molar-refractivity contribution in [2.45, 2.75) is 31.9 Å². The van der Waals surface area contributed by atoms with Crippen LogP contribution in [0.4, 0.5) is 5.69 Å². The molecule has 0 aliphatic carbocycles. The molecule has 1 aromatic carbocycles. The number of aliphatic hydroxyl groups excluding tert-OH is 1. The van der Waals surface area contributed by atoms with Crippen LogP contribution in [-0.2, 0) is 4.74 Å². The van der Waals surface area contributed by atoms with Crippen LogP contribution in [0.1, 0.15) is 31.4 Å². The summed E-state index contributed by atoms with van der Waals surface area (Å²) in [6.07, 6.45) is 2.32. The molecule has 1 aliphatic rings. The average molecular weight is 357 g/mol. The first-order valence-corrected chi connectivity index (χ1v) is 8.39. The zero-order chi connectivity index (χ0) is 15.2. The molecule has 4 nitrogen and oxygen atoms in total. The summed E-state index contributed by atoms with van der Waals surface area (Å²) in [4.78, 5) is 2.44. The van der Waals surface area contributed by atoms with Crippen LogP contribution < -0.4 is 10.2 Å². The van der Waals surface area contributed by atoms with E-state index in [0.29, 0.717) is 12.6 Å². The van der Waals surface area contributed by atoms with E-state index >= 15 is 0 Å². The first-order chi connectivity index (χ1) is 10.2. The SMILES string of the molecule is CNC(C)c1cc(Br)ccc1N1CCC(OCCO)CC1. The molecule has 2 N–H and O–H groups in total. The van der Waals surface area contributed by atoms with E-state index in [2.05, 4.69) is 51.3 Å². The van der Waals surface area contributed by atoms with Crippen LogP contribution in [0.15, 0.2) is 22.7 Å². The second-order valence-electron chi connectivity index (χ2n) is 5.49. The minimum Gasteiger partial charge on any atom is -0.394 e. The normalized spacial score (nSPS) is 18.0. The monoisotopic (exact) mass is 356 g/mol. The Hall–Kier alpha value is -0.620. The summed E-state index contributed by atoms with van der Waals surface area (Å²) in [5, 5.41) is 12.2. The van der Waals surface area contributed by atoms with E-state index in [1.54, 1.807) is 0 Å². The Kier molecular flexibility index (Phi) is 6.48. The second-order valence-corrected chi connectivity index (χ2v) is 6.41. The number of halogens is 1. The lowest BCUT2D eigenvalue weighted by atomic mass is 10.0. The lowest BCUT2D eigenvalue weighted by Crippen LogP contribution is -2.38. The van der Waals surface area contributed by atoms with Crippen molar-refractivity contribution in [3.63, 3.8) is 0 Å². The average Bonchev–Trinajstić information content (AvgIpc) is 2.52. The number of nitrogens with zero attached hydrogens (tertiary/aromatic N) is 1. The van der Waals surface area contributed by atoms with Crippen molar-refractivity contribution in [3.8, 4) is 0 Å². The Bertz CT molecular complexity index is 448. The van der Waals surface area contributed by atoms with Gasteiger partial charge in [0, 0.05) is 29.3 Å². The van der Waals surface area contributed by atoms with Gasteiger partial charge in [0.25, 0.3) is 0 Å². The van der Waals surface area contributed by atoms with Crippen molar-refractivity contribution >= 4 is 21.6 Å². The number of ether oxygens (including phenoxy) is 1. The fourth-order valence-electron chi connectivity index (χ4n) is 2.80. The maximum Gasteiger partial charge on any atom is 0.0701 e. The molecule has 0 amide bonds. The van der Waals surface area contributed by atoms with Gasteiger partial charge < -0.3 is 20.1 Å². The quantitative estimate of drug-likeness (QED) is 0.822. The minimum absolute atomic E-state index is 0.108. The van der Waals surface area contributed by atoms with Crippen LogP contribution in [0.5, 0.6) is 0 Å². The van der Waals surface area contributed by atoms with Gasteiger partial charge in [0.05, 0.1) is 19.3 Å². The topological polar surface area (TPSA) is 44.7 Å². The zero-order valence-corrected chi connectivity index (χ0v) is 14.4. The van der Waals surface area contributed by atoms with Gasteiger partial charge in [-0.2, -0.15) is 0 Å². The highest BCUT2D eigenvalue weighted by Crippen LogP contribution is 2.31. The largest absolute Gasteiger partial charge is 0.394 e. The first-order valence-electron chi connectivity index (χ1n) is 7.59. The van der Waals surface area contributed by atoms with Gasteiger partial charge in [-0.3, -0.25) is 0 Å². The van der Waals surface area contributed by atoms with Gasteiger partial charge >= 0.3 is 0 Å². The summed E-state index contributed by atoms with van der Waals surface area (Å²) in [6, 6.07) is 6.82. The highest BCUT2D eigenvalue weighted by molar-refractivity contribution is 9.10. The van der Waals surface area contributed by atoms with Crippen molar-refractivity contribution in [2.24, 2.45) is 0 Å². The van der Waals surface area contributed by atoms with Gasteiger partial charge in [0.15, 0.2) is 0 Å². The van der Waals surface area contributed by atoms with E-state index in [9.17, 15) is 0 Å². The summed E-state index contributed by atoms with van der Waals surface area (Å²) in [6.45, 7) is 4.74. The molecule has 1 saturated heterocycles. The lowest BCUT2D eigenvalue weighted by Gasteiger charge is -2.35. The molecule has 1 aromatic rings. The highest BCUT2D eigenvalue weighted by Gasteiger charge is 2.22. The lowest BCUT2D eigenvalue weighted by molar-refractivity contribution is 0.0159. The predicted octanol–water partition coefficient (Wildman–Crippen LogP) is 2.71. The van der Waals surface area contributed by atoms with E-state index in [-0.39, 0.29) is 12.7 Å². The Morgan fingerprint density at radius 1 is 1.43 bits per heavy atom. The summed E-state index contributed by atoms with van der Waals surface area (Å²) in [7, 11) is 1.99. The van der Waals surface area contributed by atoms with E-state index in [1.165, 1.54) is 11.3 Å². The number of hydrogen-bond donors (Lipinski definition) is 2. The number of benzene rings is 1. The third-order valence-electron chi connectivity index (χ3n) is 4.12. The Morgan fingerprint density at radius 3 is 2.76 bits per heavy atom. The van der Waals surface area contributed by atoms with Gasteiger partial charge in [-0.15, -0.1) is 0 Å². The van der Waals surface area contributed by atoms with Crippen LogP contribution in [-0.4, -0.2) is 44.6 Å². The number of piperidine rings is 1. The van der Waals surface area contributed by atoms with Crippen LogP contribution in [0.2, 0.25) is 0 Å². The molecule has 0 bridgehead atoms. The molecule has 5 heteroatoms. The first kappa shape index (κ1) is 16.7. The highest BCUT2D eigenvalue weighted by atomic mass is 79.9. The van der Waals surface area contributed by atoms with E-state index in [1.807, 2.05) is 7.05 Å². The smallest absolute Gasteiger partial charge is 0.0701 e. The Balaban J connectivity index is 2.06. The molecular formula is C16H25BrN2O2. The maximum absolute atomic E-state index is 8.83. The summed E-state index contributed by atoms with van der Waals surface area (Å²) < 4.78 is 6.75. The molecule has 118 valence electrons. The minimum atomic E-state index is 0.108. The second kappa shape index (κ2) is 8.13. The summed E-state index contributed by atoms with van der Waals surface area (Å²) >= 11 is 3.57. The van der Waals surface area contributed by atoms with E-state index in [4.69, 9.17) is 9.84 Å². The van der Waals surface area contributed by atoms with E-state index in [0.717, 1.165) is 30.4 Å². The van der Waals surface area contributed by atoms with Gasteiger partial charge in [0.1, 0.15) is 0 Å². The molecular weight excluding hydrogens is 332 g/mol. The van der Waals surface area contributed by atoms with Crippen LogP contribution in [0.25, 0.3) is 0 Å². The number of aliphatic hydroxyl groups is 1. The molecule has 0 saturated carbocycles. The Morgan fingerprint density at radius 2 is 2.14 bits per heavy atom. The number of anilines is 1. The van der Waals surface area contributed by atoms with Crippen LogP contribution >= 0.6 is 15.9 Å². The van der Waals surface area contributed by atoms with Crippen LogP contribution in [0, 0.1) is 0 Å². The van der Waals surface area contributed by atoms with Gasteiger partial charge in [0.2, 0.25) is 0 Å². The fourth-order valence-corrected chi connectivity index (χ4v) is 3.18. The van der Waals surface area contributed by atoms with Crippen molar-refractivity contribution in [3.05, 3.63) is 28.2 Å².